The van der Waals surface area contributed by atoms with Crippen LogP contribution in [0.3, 0.4) is 0 Å². The van der Waals surface area contributed by atoms with E-state index >= 15 is 0 Å². The Morgan fingerprint density at radius 3 is 3.00 bits per heavy atom. The largest absolute Gasteiger partial charge is 0.480 e. The second-order valence-corrected chi connectivity index (χ2v) is 5.20. The van der Waals surface area contributed by atoms with Gasteiger partial charge in [0.05, 0.1) is 5.69 Å². The number of hydrogen-bond donors (Lipinski definition) is 1. The van der Waals surface area contributed by atoms with Gasteiger partial charge < -0.3 is 5.11 Å². The minimum Gasteiger partial charge on any atom is -0.480 e. The molecule has 1 aromatic rings. The third-order valence-corrected chi connectivity index (χ3v) is 3.52. The highest BCUT2D eigenvalue weighted by Gasteiger charge is 2.28. The minimum absolute atomic E-state index is 0.353. The Morgan fingerprint density at radius 1 is 1.53 bits per heavy atom. The molecule has 92 valence electrons. The lowest BCUT2D eigenvalue weighted by Gasteiger charge is -2.32. The Labute approximate surface area is 109 Å². The first kappa shape index (κ1) is 12.5. The SMILES string of the molecule is O=C(O)C1CCCCN1Cc1ccc(Br)cn1. The lowest BCUT2D eigenvalue weighted by atomic mass is 10.0. The number of likely N-dealkylation sites (tertiary alicyclic amines) is 1. The first-order chi connectivity index (χ1) is 8.16. The topological polar surface area (TPSA) is 53.4 Å². The van der Waals surface area contributed by atoms with Gasteiger partial charge in [-0.15, -0.1) is 0 Å². The third kappa shape index (κ3) is 3.26. The van der Waals surface area contributed by atoms with E-state index in [0.29, 0.717) is 6.54 Å². The van der Waals surface area contributed by atoms with Gasteiger partial charge in [0.2, 0.25) is 0 Å². The number of aliphatic carboxylic acids is 1. The highest BCUT2D eigenvalue weighted by molar-refractivity contribution is 9.10. The first-order valence-electron chi connectivity index (χ1n) is 5.74. The van der Waals surface area contributed by atoms with Crippen molar-refractivity contribution in [2.24, 2.45) is 0 Å². The number of carbonyl (C=O) groups is 1. The predicted octanol–water partition coefficient (Wildman–Crippen LogP) is 2.28. The monoisotopic (exact) mass is 298 g/mol. The van der Waals surface area contributed by atoms with Crippen LogP contribution in [0.25, 0.3) is 0 Å². The van der Waals surface area contributed by atoms with Crippen LogP contribution < -0.4 is 0 Å². The summed E-state index contributed by atoms with van der Waals surface area (Å²) in [7, 11) is 0. The van der Waals surface area contributed by atoms with Crippen molar-refractivity contribution >= 4 is 21.9 Å². The van der Waals surface area contributed by atoms with Crippen molar-refractivity contribution in [3.63, 3.8) is 0 Å². The molecule has 0 radical (unpaired) electrons. The molecule has 1 fully saturated rings. The van der Waals surface area contributed by atoms with Crippen molar-refractivity contribution in [3.8, 4) is 0 Å². The van der Waals surface area contributed by atoms with E-state index in [2.05, 4.69) is 20.9 Å². The van der Waals surface area contributed by atoms with Crippen LogP contribution >= 0.6 is 15.9 Å². The Kier molecular flexibility index (Phi) is 4.12. The van der Waals surface area contributed by atoms with E-state index in [1.54, 1.807) is 6.20 Å². The number of carboxylic acids is 1. The smallest absolute Gasteiger partial charge is 0.320 e. The Balaban J connectivity index is 2.05. The van der Waals surface area contributed by atoms with Crippen LogP contribution in [-0.2, 0) is 11.3 Å². The van der Waals surface area contributed by atoms with Crippen LogP contribution in [0.5, 0.6) is 0 Å². The van der Waals surface area contributed by atoms with Crippen LogP contribution in [0, 0.1) is 0 Å². The van der Waals surface area contributed by atoms with Gasteiger partial charge in [0.25, 0.3) is 0 Å². The van der Waals surface area contributed by atoms with Gasteiger partial charge in [0.15, 0.2) is 0 Å². The molecule has 1 unspecified atom stereocenters. The summed E-state index contributed by atoms with van der Waals surface area (Å²) in [6.07, 6.45) is 4.56. The van der Waals surface area contributed by atoms with Crippen molar-refractivity contribution in [2.45, 2.75) is 31.8 Å². The lowest BCUT2D eigenvalue weighted by molar-refractivity contribution is -0.144. The van der Waals surface area contributed by atoms with Gasteiger partial charge in [0, 0.05) is 17.2 Å². The number of halogens is 1. The summed E-state index contributed by atoms with van der Waals surface area (Å²) in [5.74, 6) is -0.721. The molecule has 4 nitrogen and oxygen atoms in total. The highest BCUT2D eigenvalue weighted by Crippen LogP contribution is 2.19. The van der Waals surface area contributed by atoms with Gasteiger partial charge in [-0.25, -0.2) is 0 Å². The summed E-state index contributed by atoms with van der Waals surface area (Å²) in [5.41, 5.74) is 0.918. The van der Waals surface area contributed by atoms with Crippen LogP contribution in [0.1, 0.15) is 25.0 Å². The Bertz CT molecular complexity index is 394. The van der Waals surface area contributed by atoms with E-state index in [9.17, 15) is 4.79 Å². The number of piperidine rings is 1. The summed E-state index contributed by atoms with van der Waals surface area (Å²) >= 11 is 3.34. The molecule has 0 amide bonds. The summed E-state index contributed by atoms with van der Waals surface area (Å²) in [4.78, 5) is 17.4. The molecule has 2 rings (SSSR count). The van der Waals surface area contributed by atoms with E-state index in [4.69, 9.17) is 5.11 Å². The summed E-state index contributed by atoms with van der Waals surface area (Å²) in [5, 5.41) is 9.16. The fraction of sp³-hybridized carbons (Fsp3) is 0.500. The van der Waals surface area contributed by atoms with Crippen molar-refractivity contribution < 1.29 is 9.90 Å². The second-order valence-electron chi connectivity index (χ2n) is 4.29. The average Bonchev–Trinajstić information content (AvgIpc) is 2.32. The first-order valence-corrected chi connectivity index (χ1v) is 6.53. The number of carboxylic acid groups (broad SMARTS) is 1. The number of nitrogens with zero attached hydrogens (tertiary/aromatic N) is 2. The van der Waals surface area contributed by atoms with Gasteiger partial charge in [0.1, 0.15) is 6.04 Å². The summed E-state index contributed by atoms with van der Waals surface area (Å²) in [6, 6.07) is 3.51. The van der Waals surface area contributed by atoms with Gasteiger partial charge in [-0.1, -0.05) is 6.42 Å². The average molecular weight is 299 g/mol. The molecule has 2 heterocycles. The van der Waals surface area contributed by atoms with Crippen molar-refractivity contribution in [1.29, 1.82) is 0 Å². The van der Waals surface area contributed by atoms with Crippen molar-refractivity contribution in [3.05, 3.63) is 28.5 Å². The number of rotatable bonds is 3. The molecule has 1 aliphatic heterocycles. The van der Waals surface area contributed by atoms with Crippen LogP contribution in [0.4, 0.5) is 0 Å². The zero-order valence-corrected chi connectivity index (χ0v) is 11.1. The standard InChI is InChI=1S/C12H15BrN2O2/c13-9-4-5-10(14-7-9)8-15-6-2-1-3-11(15)12(16)17/h4-5,7,11H,1-3,6,8H2,(H,16,17). The molecule has 1 atom stereocenters. The highest BCUT2D eigenvalue weighted by atomic mass is 79.9. The van der Waals surface area contributed by atoms with Crippen LogP contribution in [-0.4, -0.2) is 33.5 Å². The normalized spacial score (nSPS) is 21.4. The van der Waals surface area contributed by atoms with E-state index in [1.165, 1.54) is 0 Å². The molecule has 0 saturated carbocycles. The molecule has 0 bridgehead atoms. The molecule has 0 aliphatic carbocycles. The van der Waals surface area contributed by atoms with E-state index < -0.39 is 5.97 Å². The molecule has 1 aliphatic rings. The van der Waals surface area contributed by atoms with Crippen LogP contribution in [0.15, 0.2) is 22.8 Å². The predicted molar refractivity (Wildman–Crippen MR) is 67.6 cm³/mol. The molecule has 1 saturated heterocycles. The van der Waals surface area contributed by atoms with Crippen molar-refractivity contribution in [2.75, 3.05) is 6.54 Å². The molecule has 1 aromatic heterocycles. The third-order valence-electron chi connectivity index (χ3n) is 3.05. The number of hydrogen-bond acceptors (Lipinski definition) is 3. The molecular formula is C12H15BrN2O2. The molecule has 17 heavy (non-hydrogen) atoms. The van der Waals surface area contributed by atoms with Gasteiger partial charge in [-0.3, -0.25) is 14.7 Å². The zero-order chi connectivity index (χ0) is 12.3. The Hall–Kier alpha value is -0.940. The molecule has 0 spiro atoms. The molecular weight excluding hydrogens is 284 g/mol. The fourth-order valence-electron chi connectivity index (χ4n) is 2.17. The van der Waals surface area contributed by atoms with E-state index in [-0.39, 0.29) is 6.04 Å². The van der Waals surface area contributed by atoms with E-state index in [1.807, 2.05) is 17.0 Å². The van der Waals surface area contributed by atoms with Crippen LogP contribution in [0.2, 0.25) is 0 Å². The van der Waals surface area contributed by atoms with E-state index in [0.717, 1.165) is 36.0 Å². The molecule has 0 aromatic carbocycles. The quantitative estimate of drug-likeness (QED) is 0.930. The number of aromatic nitrogens is 1. The minimum atomic E-state index is -0.721. The number of pyridine rings is 1. The van der Waals surface area contributed by atoms with Gasteiger partial charge in [-0.2, -0.15) is 0 Å². The summed E-state index contributed by atoms with van der Waals surface area (Å²) < 4.78 is 0.940. The maximum Gasteiger partial charge on any atom is 0.320 e. The van der Waals surface area contributed by atoms with Gasteiger partial charge >= 0.3 is 5.97 Å². The van der Waals surface area contributed by atoms with Gasteiger partial charge in [-0.05, 0) is 47.4 Å². The zero-order valence-electron chi connectivity index (χ0n) is 9.47. The Morgan fingerprint density at radius 2 is 2.35 bits per heavy atom. The fourth-order valence-corrected chi connectivity index (χ4v) is 2.40. The molecule has 1 N–H and O–H groups in total. The maximum absolute atomic E-state index is 11.1. The maximum atomic E-state index is 11.1. The second kappa shape index (κ2) is 5.60. The summed E-state index contributed by atoms with van der Waals surface area (Å²) in [6.45, 7) is 1.46. The lowest BCUT2D eigenvalue weighted by Crippen LogP contribution is -2.44. The van der Waals surface area contributed by atoms with Crippen molar-refractivity contribution in [1.82, 2.24) is 9.88 Å². The molecule has 5 heteroatoms.